The molecule has 1 aromatic carbocycles. The van der Waals surface area contributed by atoms with Crippen LogP contribution in [0.25, 0.3) is 0 Å². The largest absolute Gasteiger partial charge is 0.343 e. The van der Waals surface area contributed by atoms with Gasteiger partial charge in [0.05, 0.1) is 5.69 Å². The Morgan fingerprint density at radius 1 is 1.15 bits per heavy atom. The summed E-state index contributed by atoms with van der Waals surface area (Å²) in [5, 5.41) is 0.769. The number of carbonyl (C=O) groups is 1. The van der Waals surface area contributed by atoms with Crippen LogP contribution in [0, 0.1) is 5.92 Å². The molecule has 2 aliphatic rings. The Morgan fingerprint density at radius 2 is 1.85 bits per heavy atom. The second-order valence-electron chi connectivity index (χ2n) is 7.48. The summed E-state index contributed by atoms with van der Waals surface area (Å²) in [6.45, 7) is 3.31. The van der Waals surface area contributed by atoms with Crippen LogP contribution < -0.4 is 0 Å². The van der Waals surface area contributed by atoms with Crippen molar-refractivity contribution in [3.8, 4) is 0 Å². The van der Waals surface area contributed by atoms with Gasteiger partial charge in [-0.15, -0.1) is 0 Å². The van der Waals surface area contributed by atoms with E-state index >= 15 is 0 Å². The lowest BCUT2D eigenvalue weighted by atomic mass is 9.76. The fourth-order valence-electron chi connectivity index (χ4n) is 4.58. The van der Waals surface area contributed by atoms with E-state index in [-0.39, 0.29) is 11.8 Å². The molecule has 2 aromatic rings. The van der Waals surface area contributed by atoms with Crippen molar-refractivity contribution >= 4 is 49.4 Å². The first-order valence-corrected chi connectivity index (χ1v) is 11.3. The number of likely N-dealkylation sites (tertiary alicyclic amines) is 1. The van der Waals surface area contributed by atoms with Crippen LogP contribution in [0.2, 0.25) is 5.02 Å². The number of carbonyl (C=O) groups excluding carboxylic acids is 1. The van der Waals surface area contributed by atoms with Crippen molar-refractivity contribution < 1.29 is 4.79 Å². The van der Waals surface area contributed by atoms with Crippen LogP contribution >= 0.6 is 43.5 Å². The van der Waals surface area contributed by atoms with Crippen molar-refractivity contribution in [3.05, 3.63) is 60.7 Å². The molecule has 0 N–H and O–H groups in total. The summed E-state index contributed by atoms with van der Waals surface area (Å²) in [6.07, 6.45) is 5.82. The first kappa shape index (κ1) is 19.4. The Morgan fingerprint density at radius 3 is 2.56 bits per heavy atom. The van der Waals surface area contributed by atoms with Gasteiger partial charge in [0, 0.05) is 46.1 Å². The highest BCUT2D eigenvalue weighted by molar-refractivity contribution is 9.10. The van der Waals surface area contributed by atoms with Crippen LogP contribution in [0.3, 0.4) is 0 Å². The summed E-state index contributed by atoms with van der Waals surface area (Å²) in [6, 6.07) is 6.32. The zero-order valence-electron chi connectivity index (χ0n) is 15.1. The molecule has 2 heterocycles. The number of piperidine rings is 1. The molecule has 1 fully saturated rings. The fourth-order valence-corrected chi connectivity index (χ4v) is 6.08. The van der Waals surface area contributed by atoms with Crippen molar-refractivity contribution in [3.63, 3.8) is 0 Å². The van der Waals surface area contributed by atoms with Gasteiger partial charge in [0.15, 0.2) is 0 Å². The topological polar surface area (TPSA) is 33.2 Å². The third kappa shape index (κ3) is 3.83. The van der Waals surface area contributed by atoms with Gasteiger partial charge in [-0.25, -0.2) is 0 Å². The molecule has 142 valence electrons. The molecule has 0 spiro atoms. The second-order valence-corrected chi connectivity index (χ2v) is 9.69. The highest BCUT2D eigenvalue weighted by Gasteiger charge is 2.35. The van der Waals surface area contributed by atoms with E-state index in [9.17, 15) is 4.79 Å². The van der Waals surface area contributed by atoms with Crippen molar-refractivity contribution in [2.75, 3.05) is 13.1 Å². The van der Waals surface area contributed by atoms with Gasteiger partial charge < -0.3 is 4.90 Å². The molecule has 0 unspecified atom stereocenters. The van der Waals surface area contributed by atoms with E-state index in [1.807, 2.05) is 17.2 Å². The van der Waals surface area contributed by atoms with Crippen LogP contribution in [-0.2, 0) is 17.6 Å². The molecule has 3 nitrogen and oxygen atoms in total. The van der Waals surface area contributed by atoms with E-state index in [1.165, 1.54) is 22.4 Å². The highest BCUT2D eigenvalue weighted by atomic mass is 79.9. The van der Waals surface area contributed by atoms with E-state index in [2.05, 4.69) is 44.0 Å². The molecule has 1 aromatic heterocycles. The lowest BCUT2D eigenvalue weighted by Gasteiger charge is -2.36. The average Bonchev–Trinajstić information content (AvgIpc) is 2.78. The molecule has 1 aliphatic heterocycles. The Labute approximate surface area is 181 Å². The molecular formula is C21H21Br2ClN2O. The standard InChI is InChI=1S/C21H21Br2ClN2O/c1-12(27)26-6-4-13(5-7-26)20-19-14(9-17(24)10-18(19)23)2-3-15-8-16(22)11-25-21(15)20/h8-11,13,20H,2-7H2,1H3/t20-/m1/s1. The number of pyridine rings is 1. The molecular weight excluding hydrogens is 492 g/mol. The first-order chi connectivity index (χ1) is 12.9. The highest BCUT2D eigenvalue weighted by Crippen LogP contribution is 2.46. The van der Waals surface area contributed by atoms with E-state index in [0.29, 0.717) is 5.92 Å². The number of aryl methyl sites for hydroxylation is 2. The average molecular weight is 513 g/mol. The van der Waals surface area contributed by atoms with Gasteiger partial charge in [-0.3, -0.25) is 9.78 Å². The molecule has 1 amide bonds. The monoisotopic (exact) mass is 510 g/mol. The molecule has 0 radical (unpaired) electrons. The number of nitrogens with zero attached hydrogens (tertiary/aromatic N) is 2. The Kier molecular flexibility index (Phi) is 5.64. The Hall–Kier alpha value is -0.910. The SMILES string of the molecule is CC(=O)N1CCC([C@H]2c3ncc(Br)cc3CCc3cc(Cl)cc(Br)c32)CC1. The van der Waals surface area contributed by atoms with E-state index in [4.69, 9.17) is 16.6 Å². The van der Waals surface area contributed by atoms with Gasteiger partial charge in [0.1, 0.15) is 0 Å². The first-order valence-electron chi connectivity index (χ1n) is 9.31. The zero-order valence-corrected chi connectivity index (χ0v) is 19.1. The van der Waals surface area contributed by atoms with Gasteiger partial charge in [-0.2, -0.15) is 0 Å². The zero-order chi connectivity index (χ0) is 19.1. The van der Waals surface area contributed by atoms with Crippen LogP contribution in [0.4, 0.5) is 0 Å². The predicted octanol–water partition coefficient (Wildman–Crippen LogP) is 5.75. The van der Waals surface area contributed by atoms with Gasteiger partial charge in [-0.05, 0) is 82.4 Å². The number of aromatic nitrogens is 1. The van der Waals surface area contributed by atoms with Gasteiger partial charge in [0.2, 0.25) is 5.91 Å². The second kappa shape index (κ2) is 7.84. The molecule has 1 saturated heterocycles. The molecule has 1 aliphatic carbocycles. The maximum absolute atomic E-state index is 11.7. The minimum Gasteiger partial charge on any atom is -0.343 e. The number of hydrogen-bond acceptors (Lipinski definition) is 2. The van der Waals surface area contributed by atoms with Crippen molar-refractivity contribution in [2.45, 2.75) is 38.5 Å². The van der Waals surface area contributed by atoms with Crippen molar-refractivity contribution in [1.29, 1.82) is 0 Å². The number of rotatable bonds is 1. The molecule has 0 bridgehead atoms. The van der Waals surface area contributed by atoms with Crippen LogP contribution in [0.1, 0.15) is 48.1 Å². The summed E-state index contributed by atoms with van der Waals surface area (Å²) in [5.41, 5.74) is 5.13. The van der Waals surface area contributed by atoms with Gasteiger partial charge >= 0.3 is 0 Å². The van der Waals surface area contributed by atoms with Crippen molar-refractivity contribution in [1.82, 2.24) is 9.88 Å². The minimum absolute atomic E-state index is 0.171. The summed E-state index contributed by atoms with van der Waals surface area (Å²) in [7, 11) is 0. The smallest absolute Gasteiger partial charge is 0.219 e. The maximum atomic E-state index is 11.7. The van der Waals surface area contributed by atoms with Crippen LogP contribution in [0.15, 0.2) is 33.3 Å². The van der Waals surface area contributed by atoms with Gasteiger partial charge in [0.25, 0.3) is 0 Å². The van der Waals surface area contributed by atoms with E-state index in [0.717, 1.165) is 52.7 Å². The Bertz CT molecular complexity index is 894. The predicted molar refractivity (Wildman–Crippen MR) is 115 cm³/mol. The number of fused-ring (bicyclic) bond motifs is 2. The lowest BCUT2D eigenvalue weighted by molar-refractivity contribution is -0.130. The third-order valence-corrected chi connectivity index (χ3v) is 7.18. The molecule has 0 saturated carbocycles. The summed E-state index contributed by atoms with van der Waals surface area (Å²) in [5.74, 6) is 0.860. The van der Waals surface area contributed by atoms with Crippen LogP contribution in [0.5, 0.6) is 0 Å². The maximum Gasteiger partial charge on any atom is 0.219 e. The number of amides is 1. The molecule has 1 atom stereocenters. The summed E-state index contributed by atoms with van der Waals surface area (Å²) in [4.78, 5) is 18.6. The number of hydrogen-bond donors (Lipinski definition) is 0. The van der Waals surface area contributed by atoms with E-state index < -0.39 is 0 Å². The normalized spacial score (nSPS) is 20.0. The number of benzene rings is 1. The van der Waals surface area contributed by atoms with Crippen molar-refractivity contribution in [2.24, 2.45) is 5.92 Å². The summed E-state index contributed by atoms with van der Waals surface area (Å²) < 4.78 is 2.09. The van der Waals surface area contributed by atoms with Gasteiger partial charge in [-0.1, -0.05) is 27.5 Å². The fraction of sp³-hybridized carbons (Fsp3) is 0.429. The third-order valence-electron chi connectivity index (χ3n) is 5.87. The molecule has 27 heavy (non-hydrogen) atoms. The number of halogens is 3. The molecule has 4 rings (SSSR count). The quantitative estimate of drug-likeness (QED) is 0.488. The lowest BCUT2D eigenvalue weighted by Crippen LogP contribution is -2.39. The Balaban J connectivity index is 1.80. The summed E-state index contributed by atoms with van der Waals surface area (Å²) >= 11 is 13.7. The molecule has 6 heteroatoms. The van der Waals surface area contributed by atoms with Crippen LogP contribution in [-0.4, -0.2) is 28.9 Å². The van der Waals surface area contributed by atoms with E-state index in [1.54, 1.807) is 6.92 Å². The minimum atomic E-state index is 0.171.